The largest absolute Gasteiger partial charge is 0.212 e. The molecule has 22 heavy (non-hydrogen) atoms. The number of fused-ring (bicyclic) bond motifs is 1. The van der Waals surface area contributed by atoms with Gasteiger partial charge in [-0.1, -0.05) is 41.6 Å². The van der Waals surface area contributed by atoms with Crippen molar-refractivity contribution in [3.63, 3.8) is 0 Å². The Morgan fingerprint density at radius 2 is 1.91 bits per heavy atom. The monoisotopic (exact) mass is 390 g/mol. The van der Waals surface area contributed by atoms with Crippen molar-refractivity contribution in [2.45, 2.75) is 12.1 Å². The van der Waals surface area contributed by atoms with E-state index in [-0.39, 0.29) is 0 Å². The number of thiophene rings is 1. The minimum atomic E-state index is 0.787. The van der Waals surface area contributed by atoms with Crippen LogP contribution in [0.2, 0.25) is 0 Å². The number of hydrogen-bond acceptors (Lipinski definition) is 5. The highest BCUT2D eigenvalue weighted by molar-refractivity contribution is 9.11. The van der Waals surface area contributed by atoms with E-state index in [1.165, 1.54) is 10.4 Å². The second kappa shape index (κ2) is 5.64. The molecule has 0 fully saturated rings. The van der Waals surface area contributed by atoms with Crippen molar-refractivity contribution in [1.29, 1.82) is 0 Å². The van der Waals surface area contributed by atoms with Crippen LogP contribution in [0, 0.1) is 6.92 Å². The van der Waals surface area contributed by atoms with E-state index in [2.05, 4.69) is 69.4 Å². The second-order valence-corrected chi connectivity index (χ2v) is 8.33. The number of benzene rings is 1. The first kappa shape index (κ1) is 14.2. The topological polar surface area (TPSA) is 43.1 Å². The first-order valence-corrected chi connectivity index (χ1v) is 9.29. The second-order valence-electron chi connectivity index (χ2n) is 4.92. The summed E-state index contributed by atoms with van der Waals surface area (Å²) >= 11 is 6.87. The molecule has 1 aromatic carbocycles. The van der Waals surface area contributed by atoms with Gasteiger partial charge in [-0.25, -0.2) is 0 Å². The Balaban J connectivity index is 1.79. The van der Waals surface area contributed by atoms with E-state index >= 15 is 0 Å². The predicted molar refractivity (Wildman–Crippen MR) is 94.9 cm³/mol. The molecule has 0 saturated heterocycles. The average Bonchev–Trinajstić information content (AvgIpc) is 3.14. The van der Waals surface area contributed by atoms with Gasteiger partial charge in [0, 0.05) is 11.3 Å². The molecule has 4 rings (SSSR count). The summed E-state index contributed by atoms with van der Waals surface area (Å²) in [4.78, 5) is 1.17. The first-order chi connectivity index (χ1) is 10.7. The fourth-order valence-corrected chi connectivity index (χ4v) is 4.49. The lowest BCUT2D eigenvalue weighted by Gasteiger charge is -2.12. The molecule has 4 nitrogen and oxygen atoms in total. The highest BCUT2D eigenvalue weighted by Crippen LogP contribution is 2.31. The molecule has 0 saturated carbocycles. The zero-order valence-corrected chi connectivity index (χ0v) is 14.9. The van der Waals surface area contributed by atoms with Crippen LogP contribution in [0.15, 0.2) is 50.4 Å². The van der Waals surface area contributed by atoms with E-state index in [0.29, 0.717) is 0 Å². The molecule has 0 atom stereocenters. The number of rotatable bonds is 2. The van der Waals surface area contributed by atoms with Gasteiger partial charge in [-0.3, -0.25) is 0 Å². The van der Waals surface area contributed by atoms with Crippen LogP contribution in [0.3, 0.4) is 0 Å². The minimum Gasteiger partial charge on any atom is -0.186 e. The van der Waals surface area contributed by atoms with E-state index in [1.54, 1.807) is 23.1 Å². The number of hydrogen-bond donors (Lipinski definition) is 0. The minimum absolute atomic E-state index is 0.787. The summed E-state index contributed by atoms with van der Waals surface area (Å²) in [5.74, 6) is 1.61. The quantitative estimate of drug-likeness (QED) is 0.649. The van der Waals surface area contributed by atoms with Gasteiger partial charge in [0.25, 0.3) is 0 Å². The first-order valence-electron chi connectivity index (χ1n) is 6.69. The van der Waals surface area contributed by atoms with Gasteiger partial charge in [0.05, 0.1) is 14.4 Å². The lowest BCUT2D eigenvalue weighted by molar-refractivity contribution is 0.763. The number of thioether (sulfide) groups is 1. The number of aromatic nitrogens is 3. The third-order valence-electron chi connectivity index (χ3n) is 3.34. The van der Waals surface area contributed by atoms with Crippen molar-refractivity contribution < 1.29 is 0 Å². The Bertz CT molecular complexity index is 864. The maximum atomic E-state index is 4.76. The molecule has 7 heteroatoms. The lowest BCUT2D eigenvalue weighted by atomic mass is 10.1. The normalized spacial score (nSPS) is 13.8. The fraction of sp³-hybridized carbons (Fsp3) is 0.133. The zero-order valence-electron chi connectivity index (χ0n) is 11.7. The van der Waals surface area contributed by atoms with E-state index in [1.807, 2.05) is 4.68 Å². The molecule has 0 amide bonds. The molecule has 110 valence electrons. The highest BCUT2D eigenvalue weighted by Gasteiger charge is 2.21. The molecular formula is C15H11BrN4S2. The van der Waals surface area contributed by atoms with Crippen LogP contribution in [0.25, 0.3) is 11.4 Å². The van der Waals surface area contributed by atoms with Crippen LogP contribution in [0.1, 0.15) is 10.4 Å². The maximum absolute atomic E-state index is 4.76. The summed E-state index contributed by atoms with van der Waals surface area (Å²) in [6, 6.07) is 12.4. The standard InChI is InChI=1S/C15H11BrN4S2/c1-9-2-4-10(5-3-9)14-17-18-15-20(14)19-11(8-21-15)12-6-7-13(16)22-12/h2-7H,8H2,1H3. The van der Waals surface area contributed by atoms with Gasteiger partial charge in [-0.05, 0) is 35.0 Å². The average molecular weight is 391 g/mol. The van der Waals surface area contributed by atoms with Crippen molar-refractivity contribution >= 4 is 44.7 Å². The van der Waals surface area contributed by atoms with Crippen LogP contribution in [0.4, 0.5) is 0 Å². The van der Waals surface area contributed by atoms with Crippen molar-refractivity contribution in [3.05, 3.63) is 50.6 Å². The molecule has 0 aliphatic carbocycles. The van der Waals surface area contributed by atoms with Crippen LogP contribution < -0.4 is 0 Å². The number of nitrogens with zero attached hydrogens (tertiary/aromatic N) is 4. The predicted octanol–water partition coefficient (Wildman–Crippen LogP) is 4.44. The highest BCUT2D eigenvalue weighted by atomic mass is 79.9. The molecule has 0 spiro atoms. The van der Waals surface area contributed by atoms with Gasteiger partial charge in [0.1, 0.15) is 0 Å². The zero-order chi connectivity index (χ0) is 15.1. The fourth-order valence-electron chi connectivity index (χ4n) is 2.20. The van der Waals surface area contributed by atoms with E-state index in [0.717, 1.165) is 31.8 Å². The van der Waals surface area contributed by atoms with Gasteiger partial charge in [-0.15, -0.1) is 21.5 Å². The molecule has 3 heterocycles. The summed E-state index contributed by atoms with van der Waals surface area (Å²) in [6.07, 6.45) is 0. The molecule has 0 radical (unpaired) electrons. The summed E-state index contributed by atoms with van der Waals surface area (Å²) < 4.78 is 2.96. The van der Waals surface area contributed by atoms with Crippen molar-refractivity contribution in [2.75, 3.05) is 5.75 Å². The Morgan fingerprint density at radius 3 is 2.64 bits per heavy atom. The summed E-state index contributed by atoms with van der Waals surface area (Å²) in [7, 11) is 0. The molecule has 1 aliphatic rings. The lowest BCUT2D eigenvalue weighted by Crippen LogP contribution is -2.12. The van der Waals surface area contributed by atoms with Gasteiger partial charge >= 0.3 is 0 Å². The third kappa shape index (κ3) is 2.53. The smallest absolute Gasteiger partial charge is 0.186 e. The number of halogens is 1. The number of aryl methyl sites for hydroxylation is 1. The SMILES string of the molecule is Cc1ccc(-c2nnc3n2N=C(c2ccc(Br)s2)CS3)cc1. The Hall–Kier alpha value is -1.44. The van der Waals surface area contributed by atoms with Crippen LogP contribution in [0.5, 0.6) is 0 Å². The van der Waals surface area contributed by atoms with Crippen LogP contribution in [-0.4, -0.2) is 26.3 Å². The third-order valence-corrected chi connectivity index (χ3v) is 5.94. The van der Waals surface area contributed by atoms with Crippen molar-refractivity contribution in [2.24, 2.45) is 5.10 Å². The van der Waals surface area contributed by atoms with Gasteiger partial charge in [0.15, 0.2) is 5.82 Å². The summed E-state index contributed by atoms with van der Waals surface area (Å²) in [5, 5.41) is 14.2. The Kier molecular flexibility index (Phi) is 3.63. The molecule has 2 aromatic heterocycles. The maximum Gasteiger partial charge on any atom is 0.212 e. The summed E-state index contributed by atoms with van der Waals surface area (Å²) in [5.41, 5.74) is 3.31. The van der Waals surface area contributed by atoms with Crippen molar-refractivity contribution in [3.8, 4) is 11.4 Å². The molecular weight excluding hydrogens is 380 g/mol. The van der Waals surface area contributed by atoms with E-state index in [4.69, 9.17) is 5.10 Å². The molecule has 3 aromatic rings. The molecule has 0 bridgehead atoms. The molecule has 1 aliphatic heterocycles. The van der Waals surface area contributed by atoms with Gasteiger partial charge in [-0.2, -0.15) is 9.78 Å². The van der Waals surface area contributed by atoms with Crippen LogP contribution in [-0.2, 0) is 0 Å². The van der Waals surface area contributed by atoms with Gasteiger partial charge in [0.2, 0.25) is 5.16 Å². The summed E-state index contributed by atoms with van der Waals surface area (Å²) in [6.45, 7) is 2.07. The molecule has 0 N–H and O–H groups in total. The van der Waals surface area contributed by atoms with Crippen LogP contribution >= 0.6 is 39.0 Å². The van der Waals surface area contributed by atoms with Crippen molar-refractivity contribution in [1.82, 2.24) is 14.9 Å². The van der Waals surface area contributed by atoms with Gasteiger partial charge < -0.3 is 0 Å². The van der Waals surface area contributed by atoms with E-state index < -0.39 is 0 Å². The van der Waals surface area contributed by atoms with E-state index in [9.17, 15) is 0 Å². The Morgan fingerprint density at radius 1 is 1.09 bits per heavy atom. The molecule has 0 unspecified atom stereocenters. The Labute approximate surface area is 144 Å².